The maximum Gasteiger partial charge on any atom is 0.323 e. The second kappa shape index (κ2) is 7.90. The molecule has 0 saturated heterocycles. The van der Waals surface area contributed by atoms with Crippen molar-refractivity contribution in [3.8, 4) is 5.75 Å². The molecule has 0 aliphatic heterocycles. The Morgan fingerprint density at radius 1 is 1.08 bits per heavy atom. The monoisotopic (exact) mass is 368 g/mol. The van der Waals surface area contributed by atoms with Gasteiger partial charge in [-0.1, -0.05) is 29.3 Å². The molecule has 2 rings (SSSR count). The molecule has 24 heavy (non-hydrogen) atoms. The van der Waals surface area contributed by atoms with Crippen molar-refractivity contribution in [1.82, 2.24) is 0 Å². The molecule has 2 aromatic rings. The first-order valence-corrected chi connectivity index (χ1v) is 7.56. The molecule has 0 saturated carbocycles. The lowest BCUT2D eigenvalue weighted by molar-refractivity contribution is -0.136. The number of anilines is 2. The molecule has 0 bridgehead atoms. The van der Waals surface area contributed by atoms with Crippen LogP contribution in [-0.4, -0.2) is 24.2 Å². The van der Waals surface area contributed by atoms with Crippen LogP contribution in [0.4, 0.5) is 16.2 Å². The molecular formula is C16H14Cl2N2O4. The number of rotatable bonds is 5. The van der Waals surface area contributed by atoms with Gasteiger partial charge in [0, 0.05) is 5.02 Å². The summed E-state index contributed by atoms with van der Waals surface area (Å²) in [6.45, 7) is 0. The van der Waals surface area contributed by atoms with E-state index in [4.69, 9.17) is 33.0 Å². The number of carbonyl (C=O) groups is 2. The number of urea groups is 1. The number of carbonyl (C=O) groups excluding carboxylic acids is 1. The lowest BCUT2D eigenvalue weighted by Crippen LogP contribution is -2.20. The number of nitrogens with one attached hydrogen (secondary N) is 2. The van der Waals surface area contributed by atoms with Crippen LogP contribution in [0.25, 0.3) is 0 Å². The van der Waals surface area contributed by atoms with Crippen molar-refractivity contribution in [3.05, 3.63) is 52.0 Å². The molecule has 3 N–H and O–H groups in total. The lowest BCUT2D eigenvalue weighted by Gasteiger charge is -2.13. The van der Waals surface area contributed by atoms with Gasteiger partial charge >= 0.3 is 12.0 Å². The Kier molecular flexibility index (Phi) is 5.89. The zero-order chi connectivity index (χ0) is 17.7. The van der Waals surface area contributed by atoms with E-state index in [1.54, 1.807) is 30.3 Å². The summed E-state index contributed by atoms with van der Waals surface area (Å²) in [6.07, 6.45) is -0.136. The quantitative estimate of drug-likeness (QED) is 0.734. The van der Waals surface area contributed by atoms with Gasteiger partial charge < -0.3 is 20.5 Å². The average molecular weight is 369 g/mol. The second-order valence-electron chi connectivity index (χ2n) is 4.81. The first-order chi connectivity index (χ1) is 11.4. The summed E-state index contributed by atoms with van der Waals surface area (Å²) in [5.74, 6) is -0.598. The standard InChI is InChI=1S/C16H14Cl2N2O4/c1-24-14-6-9(7-15(21)22)2-4-13(14)20-16(23)19-12-5-3-10(17)8-11(12)18/h2-6,8H,7H2,1H3,(H,21,22)(H2,19,20,23). The molecule has 0 radical (unpaired) electrons. The van der Waals surface area contributed by atoms with Crippen LogP contribution < -0.4 is 15.4 Å². The van der Waals surface area contributed by atoms with Gasteiger partial charge in [-0.15, -0.1) is 0 Å². The molecule has 8 heteroatoms. The van der Waals surface area contributed by atoms with Crippen molar-refractivity contribution in [3.63, 3.8) is 0 Å². The first kappa shape index (κ1) is 17.9. The smallest absolute Gasteiger partial charge is 0.323 e. The van der Waals surface area contributed by atoms with E-state index in [0.29, 0.717) is 32.7 Å². The summed E-state index contributed by atoms with van der Waals surface area (Å²) in [7, 11) is 1.43. The predicted octanol–water partition coefficient (Wildman–Crippen LogP) is 4.27. The van der Waals surface area contributed by atoms with Crippen molar-refractivity contribution < 1.29 is 19.4 Å². The van der Waals surface area contributed by atoms with Crippen LogP contribution in [0.5, 0.6) is 5.75 Å². The van der Waals surface area contributed by atoms with Crippen molar-refractivity contribution in [2.24, 2.45) is 0 Å². The number of ether oxygens (including phenoxy) is 1. The van der Waals surface area contributed by atoms with E-state index in [1.807, 2.05) is 0 Å². The summed E-state index contributed by atoms with van der Waals surface area (Å²) in [6, 6.07) is 8.89. The van der Waals surface area contributed by atoms with Gasteiger partial charge in [0.1, 0.15) is 5.75 Å². The number of halogens is 2. The van der Waals surface area contributed by atoms with Crippen LogP contribution in [0.2, 0.25) is 10.0 Å². The summed E-state index contributed by atoms with van der Waals surface area (Å²) < 4.78 is 5.18. The van der Waals surface area contributed by atoms with E-state index in [0.717, 1.165) is 0 Å². The van der Waals surface area contributed by atoms with Gasteiger partial charge in [0.2, 0.25) is 0 Å². The predicted molar refractivity (Wildman–Crippen MR) is 93.4 cm³/mol. The largest absolute Gasteiger partial charge is 0.495 e. The summed E-state index contributed by atoms with van der Waals surface area (Å²) >= 11 is 11.8. The van der Waals surface area contributed by atoms with Gasteiger partial charge in [0.05, 0.1) is 29.9 Å². The molecule has 0 aliphatic carbocycles. The van der Waals surface area contributed by atoms with Gasteiger partial charge in [-0.05, 0) is 35.9 Å². The number of methoxy groups -OCH3 is 1. The molecular weight excluding hydrogens is 355 g/mol. The van der Waals surface area contributed by atoms with Gasteiger partial charge in [0.25, 0.3) is 0 Å². The van der Waals surface area contributed by atoms with Crippen LogP contribution in [0.15, 0.2) is 36.4 Å². The van der Waals surface area contributed by atoms with Crippen molar-refractivity contribution in [1.29, 1.82) is 0 Å². The molecule has 0 heterocycles. The Hall–Kier alpha value is -2.44. The number of carboxylic acids is 1. The Morgan fingerprint density at radius 3 is 2.38 bits per heavy atom. The fraction of sp³-hybridized carbons (Fsp3) is 0.125. The molecule has 0 unspecified atom stereocenters. The van der Waals surface area contributed by atoms with E-state index in [-0.39, 0.29) is 6.42 Å². The zero-order valence-electron chi connectivity index (χ0n) is 12.6. The minimum atomic E-state index is -0.951. The Balaban J connectivity index is 2.11. The van der Waals surface area contributed by atoms with Crippen molar-refractivity contribution >= 4 is 46.6 Å². The third kappa shape index (κ3) is 4.78. The van der Waals surface area contributed by atoms with E-state index < -0.39 is 12.0 Å². The summed E-state index contributed by atoms with van der Waals surface area (Å²) in [5.41, 5.74) is 1.36. The number of amides is 2. The van der Waals surface area contributed by atoms with Gasteiger partial charge in [-0.25, -0.2) is 4.79 Å². The number of benzene rings is 2. The van der Waals surface area contributed by atoms with Crippen molar-refractivity contribution in [2.45, 2.75) is 6.42 Å². The minimum absolute atomic E-state index is 0.136. The van der Waals surface area contributed by atoms with Crippen LogP contribution in [0, 0.1) is 0 Å². The molecule has 0 atom stereocenters. The number of hydrogen-bond acceptors (Lipinski definition) is 3. The molecule has 2 aromatic carbocycles. The molecule has 0 aliphatic rings. The minimum Gasteiger partial charge on any atom is -0.495 e. The highest BCUT2D eigenvalue weighted by atomic mass is 35.5. The Morgan fingerprint density at radius 2 is 1.75 bits per heavy atom. The topological polar surface area (TPSA) is 87.7 Å². The molecule has 6 nitrogen and oxygen atoms in total. The third-order valence-corrected chi connectivity index (χ3v) is 3.60. The molecule has 126 valence electrons. The zero-order valence-corrected chi connectivity index (χ0v) is 14.1. The molecule has 2 amide bonds. The van der Waals surface area contributed by atoms with Gasteiger partial charge in [0.15, 0.2) is 0 Å². The maximum atomic E-state index is 12.1. The highest BCUT2D eigenvalue weighted by Crippen LogP contribution is 2.28. The van der Waals surface area contributed by atoms with E-state index >= 15 is 0 Å². The van der Waals surface area contributed by atoms with E-state index in [2.05, 4.69) is 10.6 Å². The van der Waals surface area contributed by atoms with E-state index in [1.165, 1.54) is 13.2 Å². The molecule has 0 aromatic heterocycles. The highest BCUT2D eigenvalue weighted by molar-refractivity contribution is 6.36. The summed E-state index contributed by atoms with van der Waals surface area (Å²) in [5, 5.41) is 14.8. The normalized spacial score (nSPS) is 10.1. The van der Waals surface area contributed by atoms with Gasteiger partial charge in [-0.2, -0.15) is 0 Å². The average Bonchev–Trinajstić information content (AvgIpc) is 2.51. The Labute approximate surface area is 148 Å². The van der Waals surface area contributed by atoms with Crippen molar-refractivity contribution in [2.75, 3.05) is 17.7 Å². The fourth-order valence-corrected chi connectivity index (χ4v) is 2.45. The molecule has 0 spiro atoms. The molecule has 0 fully saturated rings. The highest BCUT2D eigenvalue weighted by Gasteiger charge is 2.11. The maximum absolute atomic E-state index is 12.1. The second-order valence-corrected chi connectivity index (χ2v) is 5.65. The lowest BCUT2D eigenvalue weighted by atomic mass is 10.1. The van der Waals surface area contributed by atoms with Crippen LogP contribution in [0.3, 0.4) is 0 Å². The van der Waals surface area contributed by atoms with Crippen LogP contribution >= 0.6 is 23.2 Å². The Bertz CT molecular complexity index is 781. The van der Waals surface area contributed by atoms with Gasteiger partial charge in [-0.3, -0.25) is 4.79 Å². The number of carboxylic acid groups (broad SMARTS) is 1. The number of aliphatic carboxylic acids is 1. The fourth-order valence-electron chi connectivity index (χ4n) is 1.99. The summed E-state index contributed by atoms with van der Waals surface area (Å²) in [4.78, 5) is 22.8. The SMILES string of the molecule is COc1cc(CC(=O)O)ccc1NC(=O)Nc1ccc(Cl)cc1Cl. The third-order valence-electron chi connectivity index (χ3n) is 3.05. The van der Waals surface area contributed by atoms with E-state index in [9.17, 15) is 9.59 Å². The van der Waals surface area contributed by atoms with Crippen LogP contribution in [0.1, 0.15) is 5.56 Å². The number of hydrogen-bond donors (Lipinski definition) is 3. The first-order valence-electron chi connectivity index (χ1n) is 6.81. The van der Waals surface area contributed by atoms with Crippen LogP contribution in [-0.2, 0) is 11.2 Å².